The van der Waals surface area contributed by atoms with Crippen molar-refractivity contribution in [1.29, 1.82) is 0 Å². The van der Waals surface area contributed by atoms with Gasteiger partial charge in [0.25, 0.3) is 0 Å². The van der Waals surface area contributed by atoms with E-state index in [9.17, 15) is 9.59 Å². The van der Waals surface area contributed by atoms with Crippen molar-refractivity contribution < 1.29 is 14.3 Å². The number of ether oxygens (including phenoxy) is 1. The van der Waals surface area contributed by atoms with Crippen LogP contribution in [0.5, 0.6) is 5.75 Å². The first-order valence-corrected chi connectivity index (χ1v) is 14.4. The third-order valence-electron chi connectivity index (χ3n) is 6.89. The maximum absolute atomic E-state index is 13.7. The molecule has 3 aromatic rings. The number of nitrogens with zero attached hydrogens (tertiary/aromatic N) is 1. The average molecular weight is 555 g/mol. The second-order valence-corrected chi connectivity index (χ2v) is 11.7. The topological polar surface area (TPSA) is 92.4 Å². The Kier molecular flexibility index (Phi) is 10.7. The fourth-order valence-electron chi connectivity index (χ4n) is 4.83. The van der Waals surface area contributed by atoms with Crippen LogP contribution in [0.15, 0.2) is 91.3 Å². The van der Waals surface area contributed by atoms with E-state index in [1.807, 2.05) is 87.5 Å². The van der Waals surface area contributed by atoms with Crippen molar-refractivity contribution in [2.24, 2.45) is 0 Å². The normalized spacial score (nSPS) is 16.4. The molecule has 7 nitrogen and oxygen atoms in total. The fourth-order valence-corrected chi connectivity index (χ4v) is 4.83. The van der Waals surface area contributed by atoms with Gasteiger partial charge in [0.05, 0.1) is 6.04 Å². The predicted octanol–water partition coefficient (Wildman–Crippen LogP) is 4.91. The van der Waals surface area contributed by atoms with Crippen molar-refractivity contribution in [2.45, 2.75) is 83.1 Å². The molecule has 0 saturated carbocycles. The van der Waals surface area contributed by atoms with Gasteiger partial charge < -0.3 is 15.4 Å². The Hall–Kier alpha value is -3.97. The predicted molar refractivity (Wildman–Crippen MR) is 162 cm³/mol. The molecule has 0 bridgehead atoms. The van der Waals surface area contributed by atoms with Gasteiger partial charge in [0.15, 0.2) is 0 Å². The van der Waals surface area contributed by atoms with E-state index < -0.39 is 17.6 Å². The minimum atomic E-state index is -0.738. The van der Waals surface area contributed by atoms with Crippen molar-refractivity contribution in [3.8, 4) is 5.75 Å². The third kappa shape index (κ3) is 10.2. The largest absolute Gasteiger partial charge is 0.489 e. The highest BCUT2D eigenvalue weighted by Gasteiger charge is 2.29. The van der Waals surface area contributed by atoms with Crippen molar-refractivity contribution in [3.05, 3.63) is 108 Å². The minimum absolute atomic E-state index is 0.112. The molecular weight excluding hydrogens is 512 g/mol. The summed E-state index contributed by atoms with van der Waals surface area (Å²) < 4.78 is 5.92. The van der Waals surface area contributed by atoms with Crippen molar-refractivity contribution in [3.63, 3.8) is 0 Å². The zero-order valence-electron chi connectivity index (χ0n) is 24.3. The maximum atomic E-state index is 13.7. The van der Waals surface area contributed by atoms with E-state index in [0.29, 0.717) is 19.4 Å². The second-order valence-electron chi connectivity index (χ2n) is 11.7. The van der Waals surface area contributed by atoms with Crippen LogP contribution >= 0.6 is 0 Å². The van der Waals surface area contributed by atoms with Crippen LogP contribution in [0.1, 0.15) is 56.7 Å². The molecule has 1 aromatic heterocycles. The van der Waals surface area contributed by atoms with Gasteiger partial charge >= 0.3 is 0 Å². The molecule has 3 N–H and O–H groups in total. The first-order valence-electron chi connectivity index (χ1n) is 14.4. The molecule has 7 heteroatoms. The Morgan fingerprint density at radius 3 is 2.29 bits per heavy atom. The summed E-state index contributed by atoms with van der Waals surface area (Å²) in [4.78, 5) is 31.4. The van der Waals surface area contributed by atoms with Crippen LogP contribution in [-0.2, 0) is 29.0 Å². The molecule has 0 spiro atoms. The van der Waals surface area contributed by atoms with Gasteiger partial charge in [-0.2, -0.15) is 0 Å². The van der Waals surface area contributed by atoms with Crippen molar-refractivity contribution >= 4 is 11.8 Å². The van der Waals surface area contributed by atoms with Gasteiger partial charge in [-0.15, -0.1) is 0 Å². The number of hydrogen-bond acceptors (Lipinski definition) is 5. The summed E-state index contributed by atoms with van der Waals surface area (Å²) in [5, 5.41) is 9.64. The van der Waals surface area contributed by atoms with Crippen LogP contribution in [0, 0.1) is 0 Å². The first-order chi connectivity index (χ1) is 19.7. The Bertz CT molecular complexity index is 1270. The molecule has 2 aromatic carbocycles. The lowest BCUT2D eigenvalue weighted by molar-refractivity contribution is -0.130. The molecule has 1 heterocycles. The van der Waals surface area contributed by atoms with Crippen LogP contribution in [-0.4, -0.2) is 40.5 Å². The molecule has 4 rings (SSSR count). The lowest BCUT2D eigenvalue weighted by atomic mass is 9.99. The Morgan fingerprint density at radius 1 is 0.902 bits per heavy atom. The fraction of sp³-hybridized carbons (Fsp3) is 0.382. The van der Waals surface area contributed by atoms with Gasteiger partial charge in [-0.1, -0.05) is 60.7 Å². The zero-order valence-corrected chi connectivity index (χ0v) is 24.3. The summed E-state index contributed by atoms with van der Waals surface area (Å²) in [6, 6.07) is 20.4. The number of nitrogens with one attached hydrogen (secondary N) is 3. The molecule has 0 fully saturated rings. The number of rotatable bonds is 12. The molecule has 0 saturated heterocycles. The zero-order chi connectivity index (χ0) is 29.1. The monoisotopic (exact) mass is 554 g/mol. The summed E-state index contributed by atoms with van der Waals surface area (Å²) in [6.45, 7) is 6.29. The number of carbonyl (C=O) groups is 2. The van der Waals surface area contributed by atoms with E-state index in [2.05, 4.69) is 33.1 Å². The quantitative estimate of drug-likeness (QED) is 0.277. The van der Waals surface area contributed by atoms with E-state index in [1.54, 1.807) is 12.4 Å². The number of aromatic nitrogens is 1. The van der Waals surface area contributed by atoms with E-state index in [0.717, 1.165) is 41.7 Å². The van der Waals surface area contributed by atoms with Crippen LogP contribution in [0.3, 0.4) is 0 Å². The maximum Gasteiger partial charge on any atom is 0.243 e. The highest BCUT2D eigenvalue weighted by Crippen LogP contribution is 2.17. The average Bonchev–Trinajstić information content (AvgIpc) is 2.97. The third-order valence-corrected chi connectivity index (χ3v) is 6.89. The standard InChI is InChI=1S/C34H42N4O3/c1-34(2,3)38-33(40)31(21-25-16-18-29(19-17-25)41-24-26-11-6-4-7-12-26)37-32(39)30(22-27-13-10-20-35-23-27)36-28-14-8-5-9-15-28/h4,6-8,10-14,16-20,23,28,30-31,36H,5,9,15,21-22,24H2,1-3H3,(H,37,39)(H,38,40)/t28?,30-,31+/m0/s1. The van der Waals surface area contributed by atoms with E-state index in [-0.39, 0.29) is 17.9 Å². The van der Waals surface area contributed by atoms with Gasteiger partial charge in [-0.05, 0) is 81.3 Å². The lowest BCUT2D eigenvalue weighted by Gasteiger charge is -2.29. The van der Waals surface area contributed by atoms with Crippen molar-refractivity contribution in [2.75, 3.05) is 0 Å². The smallest absolute Gasteiger partial charge is 0.243 e. The summed E-state index contributed by atoms with van der Waals surface area (Å²) in [7, 11) is 0. The van der Waals surface area contributed by atoms with Crippen LogP contribution in [0.4, 0.5) is 0 Å². The van der Waals surface area contributed by atoms with E-state index in [4.69, 9.17) is 4.74 Å². The molecule has 2 amide bonds. The van der Waals surface area contributed by atoms with Gasteiger partial charge in [0.2, 0.25) is 11.8 Å². The number of allylic oxidation sites excluding steroid dienone is 1. The highest BCUT2D eigenvalue weighted by molar-refractivity contribution is 5.90. The summed E-state index contributed by atoms with van der Waals surface area (Å²) in [6.07, 6.45) is 11.7. The van der Waals surface area contributed by atoms with Crippen LogP contribution in [0.25, 0.3) is 0 Å². The molecule has 1 aliphatic carbocycles. The van der Waals surface area contributed by atoms with Gasteiger partial charge in [0, 0.05) is 30.4 Å². The number of hydrogen-bond donors (Lipinski definition) is 3. The highest BCUT2D eigenvalue weighted by atomic mass is 16.5. The first kappa shape index (κ1) is 30.0. The lowest BCUT2D eigenvalue weighted by Crippen LogP contribution is -2.57. The minimum Gasteiger partial charge on any atom is -0.489 e. The molecule has 1 aliphatic rings. The molecule has 41 heavy (non-hydrogen) atoms. The molecule has 3 atom stereocenters. The Balaban J connectivity index is 1.47. The van der Waals surface area contributed by atoms with Gasteiger partial charge in [-0.3, -0.25) is 19.9 Å². The van der Waals surface area contributed by atoms with Gasteiger partial charge in [0.1, 0.15) is 18.4 Å². The van der Waals surface area contributed by atoms with E-state index in [1.165, 1.54) is 0 Å². The van der Waals surface area contributed by atoms with Crippen LogP contribution < -0.4 is 20.7 Å². The summed E-state index contributed by atoms with van der Waals surface area (Å²) in [5.41, 5.74) is 2.55. The summed E-state index contributed by atoms with van der Waals surface area (Å²) >= 11 is 0. The van der Waals surface area contributed by atoms with Crippen LogP contribution in [0.2, 0.25) is 0 Å². The second kappa shape index (κ2) is 14.6. The summed E-state index contributed by atoms with van der Waals surface area (Å²) in [5.74, 6) is 0.330. The molecule has 216 valence electrons. The Morgan fingerprint density at radius 2 is 1.63 bits per heavy atom. The Labute approximate surface area is 243 Å². The number of benzene rings is 2. The molecule has 0 radical (unpaired) electrons. The molecular formula is C34H42N4O3. The number of pyridine rings is 1. The molecule has 0 aliphatic heterocycles. The molecule has 1 unspecified atom stereocenters. The SMILES string of the molecule is CC(C)(C)NC(=O)[C@@H](Cc1ccc(OCc2ccccc2)cc1)NC(=O)[C@H](Cc1cccnc1)NC1C=CCCC1. The van der Waals surface area contributed by atoms with Crippen molar-refractivity contribution in [1.82, 2.24) is 20.9 Å². The van der Waals surface area contributed by atoms with E-state index >= 15 is 0 Å². The number of carbonyl (C=O) groups excluding carboxylic acids is 2. The van der Waals surface area contributed by atoms with Gasteiger partial charge in [-0.25, -0.2) is 0 Å². The number of amides is 2.